The second-order valence-electron chi connectivity index (χ2n) is 4.03. The molecule has 0 aromatic carbocycles. The molecule has 0 radical (unpaired) electrons. The van der Waals surface area contributed by atoms with Crippen LogP contribution in [0.1, 0.15) is 11.3 Å². The molecule has 1 aromatic rings. The van der Waals surface area contributed by atoms with Gasteiger partial charge in [-0.3, -0.25) is 5.10 Å². The first-order valence-corrected chi connectivity index (χ1v) is 7.12. The molecular weight excluding hydrogens is 258 g/mol. The molecule has 2 rings (SSSR count). The van der Waals surface area contributed by atoms with Crippen LogP contribution < -0.4 is 10.6 Å². The molecule has 102 valence electrons. The number of ether oxygens (including phenoxy) is 1. The Kier molecular flexibility index (Phi) is 3.97. The minimum Gasteiger partial charge on any atom is -0.379 e. The minimum atomic E-state index is -3.68. The van der Waals surface area contributed by atoms with Gasteiger partial charge in [0, 0.05) is 30.9 Å². The number of hydrazine groups is 1. The highest BCUT2D eigenvalue weighted by atomic mass is 32.2. The summed E-state index contributed by atoms with van der Waals surface area (Å²) in [5.74, 6) is 0. The summed E-state index contributed by atoms with van der Waals surface area (Å²) in [4.78, 5) is 2.49. The van der Waals surface area contributed by atoms with Crippen molar-refractivity contribution in [1.82, 2.24) is 20.0 Å². The smallest absolute Gasteiger partial charge is 0.273 e. The predicted octanol–water partition coefficient (Wildman–Crippen LogP) is -1.30. The van der Waals surface area contributed by atoms with Crippen molar-refractivity contribution in [1.29, 1.82) is 0 Å². The molecule has 1 aromatic heterocycles. The standard InChI is InChI=1S/C9H17N5O3S/c1-7-8(6-10)9(12-11-7)18(15,16)13-14-2-4-17-5-3-14/h13H,2-6,10H2,1H3,(H,11,12). The lowest BCUT2D eigenvalue weighted by Crippen LogP contribution is -2.48. The van der Waals surface area contributed by atoms with Crippen molar-refractivity contribution < 1.29 is 13.2 Å². The lowest BCUT2D eigenvalue weighted by molar-refractivity contribution is 0.0272. The molecule has 0 aliphatic carbocycles. The number of sulfonamides is 1. The van der Waals surface area contributed by atoms with Gasteiger partial charge in [0.1, 0.15) is 0 Å². The number of aromatic nitrogens is 2. The van der Waals surface area contributed by atoms with Crippen LogP contribution in [0.25, 0.3) is 0 Å². The van der Waals surface area contributed by atoms with E-state index >= 15 is 0 Å². The summed E-state index contributed by atoms with van der Waals surface area (Å²) in [6.45, 7) is 3.91. The predicted molar refractivity (Wildman–Crippen MR) is 63.9 cm³/mol. The van der Waals surface area contributed by atoms with Crippen LogP contribution >= 0.6 is 0 Å². The fraction of sp³-hybridized carbons (Fsp3) is 0.667. The Morgan fingerprint density at radius 3 is 2.78 bits per heavy atom. The van der Waals surface area contributed by atoms with Crippen molar-refractivity contribution in [3.8, 4) is 0 Å². The van der Waals surface area contributed by atoms with Crippen LogP contribution in [0.5, 0.6) is 0 Å². The monoisotopic (exact) mass is 275 g/mol. The van der Waals surface area contributed by atoms with Crippen LogP contribution in [0.2, 0.25) is 0 Å². The number of hydrogen-bond donors (Lipinski definition) is 3. The van der Waals surface area contributed by atoms with Crippen LogP contribution in [0.15, 0.2) is 5.03 Å². The summed E-state index contributed by atoms with van der Waals surface area (Å²) < 4.78 is 29.5. The molecule has 4 N–H and O–H groups in total. The van der Waals surface area contributed by atoms with E-state index in [4.69, 9.17) is 10.5 Å². The van der Waals surface area contributed by atoms with Crippen molar-refractivity contribution in [3.63, 3.8) is 0 Å². The first kappa shape index (κ1) is 13.4. The maximum absolute atomic E-state index is 12.2. The van der Waals surface area contributed by atoms with Gasteiger partial charge in [-0.15, -0.1) is 4.83 Å². The van der Waals surface area contributed by atoms with Crippen LogP contribution in [0, 0.1) is 6.92 Å². The van der Waals surface area contributed by atoms with Gasteiger partial charge >= 0.3 is 0 Å². The molecule has 0 unspecified atom stereocenters. The maximum atomic E-state index is 12.2. The molecule has 1 aliphatic rings. The Morgan fingerprint density at radius 1 is 1.50 bits per heavy atom. The van der Waals surface area contributed by atoms with Crippen molar-refractivity contribution in [2.24, 2.45) is 5.73 Å². The van der Waals surface area contributed by atoms with Gasteiger partial charge in [-0.1, -0.05) is 0 Å². The van der Waals surface area contributed by atoms with Gasteiger partial charge in [0.2, 0.25) is 0 Å². The first-order chi connectivity index (χ1) is 8.54. The highest BCUT2D eigenvalue weighted by molar-refractivity contribution is 7.89. The molecule has 2 heterocycles. The number of aryl methyl sites for hydroxylation is 1. The van der Waals surface area contributed by atoms with Crippen molar-refractivity contribution >= 4 is 10.0 Å². The molecule has 0 amide bonds. The van der Waals surface area contributed by atoms with Gasteiger partial charge in [0.15, 0.2) is 5.03 Å². The molecule has 0 atom stereocenters. The molecule has 9 heteroatoms. The third-order valence-electron chi connectivity index (χ3n) is 2.76. The van der Waals surface area contributed by atoms with Crippen LogP contribution in [-0.2, 0) is 21.3 Å². The molecule has 0 spiro atoms. The highest BCUT2D eigenvalue weighted by Crippen LogP contribution is 2.15. The SMILES string of the molecule is Cc1[nH]nc(S(=O)(=O)NN2CCOCC2)c1CN. The average molecular weight is 275 g/mol. The number of H-pyrrole nitrogens is 1. The van der Waals surface area contributed by atoms with Crippen LogP contribution in [-0.4, -0.2) is 49.9 Å². The molecule has 8 nitrogen and oxygen atoms in total. The van der Waals surface area contributed by atoms with Crippen molar-refractivity contribution in [2.75, 3.05) is 26.3 Å². The number of nitrogens with two attached hydrogens (primary N) is 1. The topological polar surface area (TPSA) is 113 Å². The number of nitrogens with one attached hydrogen (secondary N) is 2. The van der Waals surface area contributed by atoms with E-state index in [1.54, 1.807) is 11.9 Å². The second kappa shape index (κ2) is 5.33. The van der Waals surface area contributed by atoms with Gasteiger partial charge < -0.3 is 10.5 Å². The third kappa shape index (κ3) is 2.70. The zero-order chi connectivity index (χ0) is 13.2. The zero-order valence-corrected chi connectivity index (χ0v) is 11.0. The number of hydrogen-bond acceptors (Lipinski definition) is 6. The van der Waals surface area contributed by atoms with Crippen LogP contribution in [0.3, 0.4) is 0 Å². The largest absolute Gasteiger partial charge is 0.379 e. The number of aromatic amines is 1. The Hall–Kier alpha value is -1.00. The maximum Gasteiger partial charge on any atom is 0.273 e. The second-order valence-corrected chi connectivity index (χ2v) is 5.61. The summed E-state index contributed by atoms with van der Waals surface area (Å²) in [7, 11) is -3.68. The Morgan fingerprint density at radius 2 is 2.17 bits per heavy atom. The van der Waals surface area contributed by atoms with Gasteiger partial charge in [-0.25, -0.2) is 13.4 Å². The van der Waals surface area contributed by atoms with E-state index in [-0.39, 0.29) is 11.6 Å². The van der Waals surface area contributed by atoms with Crippen molar-refractivity contribution in [2.45, 2.75) is 18.5 Å². The lowest BCUT2D eigenvalue weighted by atomic mass is 10.3. The summed E-state index contributed by atoms with van der Waals surface area (Å²) in [6, 6.07) is 0. The lowest BCUT2D eigenvalue weighted by Gasteiger charge is -2.26. The normalized spacial score (nSPS) is 18.1. The molecule has 1 aliphatic heterocycles. The Balaban J connectivity index is 2.19. The molecule has 18 heavy (non-hydrogen) atoms. The van der Waals surface area contributed by atoms with Crippen molar-refractivity contribution in [3.05, 3.63) is 11.3 Å². The molecule has 1 fully saturated rings. The number of nitrogens with zero attached hydrogens (tertiary/aromatic N) is 2. The number of morpholine rings is 1. The summed E-state index contributed by atoms with van der Waals surface area (Å²) >= 11 is 0. The Labute approximate surface area is 106 Å². The van der Waals surface area contributed by atoms with E-state index in [0.29, 0.717) is 37.6 Å². The van der Waals surface area contributed by atoms with Gasteiger partial charge in [-0.05, 0) is 6.92 Å². The van der Waals surface area contributed by atoms with E-state index in [2.05, 4.69) is 15.0 Å². The van der Waals surface area contributed by atoms with E-state index in [1.165, 1.54) is 0 Å². The summed E-state index contributed by atoms with van der Waals surface area (Å²) in [5, 5.41) is 8.02. The van der Waals surface area contributed by atoms with E-state index in [9.17, 15) is 8.42 Å². The fourth-order valence-electron chi connectivity index (χ4n) is 1.76. The Bertz CT molecular complexity index is 506. The van der Waals surface area contributed by atoms with Gasteiger partial charge in [0.25, 0.3) is 10.0 Å². The van der Waals surface area contributed by atoms with Gasteiger partial charge in [0.05, 0.1) is 13.2 Å². The fourth-order valence-corrected chi connectivity index (χ4v) is 3.10. The van der Waals surface area contributed by atoms with E-state index < -0.39 is 10.0 Å². The van der Waals surface area contributed by atoms with Crippen LogP contribution in [0.4, 0.5) is 0 Å². The molecule has 0 bridgehead atoms. The van der Waals surface area contributed by atoms with E-state index in [0.717, 1.165) is 0 Å². The average Bonchev–Trinajstić information content (AvgIpc) is 2.72. The molecular formula is C9H17N5O3S. The summed E-state index contributed by atoms with van der Waals surface area (Å²) in [5.41, 5.74) is 6.72. The minimum absolute atomic E-state index is 0.0333. The first-order valence-electron chi connectivity index (χ1n) is 5.63. The highest BCUT2D eigenvalue weighted by Gasteiger charge is 2.26. The van der Waals surface area contributed by atoms with E-state index in [1.807, 2.05) is 0 Å². The quantitative estimate of drug-likeness (QED) is 0.629. The zero-order valence-electron chi connectivity index (χ0n) is 10.1. The summed E-state index contributed by atoms with van der Waals surface area (Å²) in [6.07, 6.45) is 0. The number of rotatable bonds is 4. The molecule has 1 saturated heterocycles. The molecule has 0 saturated carbocycles. The van der Waals surface area contributed by atoms with Gasteiger partial charge in [-0.2, -0.15) is 5.10 Å². The third-order valence-corrected chi connectivity index (χ3v) is 4.10.